The first kappa shape index (κ1) is 44.2. The normalized spacial score (nSPS) is 12.2. The maximum atomic E-state index is 5.46. The molecule has 4 aliphatic heterocycles. The first-order chi connectivity index (χ1) is 40.1. The molecular formula is C64H34N16Ti. The van der Waals surface area contributed by atoms with Crippen LogP contribution in [0.3, 0.4) is 0 Å². The molecule has 0 saturated heterocycles. The molecule has 0 fully saturated rings. The minimum absolute atomic E-state index is 0.534. The average molecular weight is 1070 g/mol. The Morgan fingerprint density at radius 3 is 0.679 bits per heavy atom. The molecule has 16 nitrogen and oxygen atoms in total. The van der Waals surface area contributed by atoms with Crippen molar-refractivity contribution in [1.29, 1.82) is 0 Å². The van der Waals surface area contributed by atoms with Crippen LogP contribution in [0.25, 0.3) is 179 Å². The fourth-order valence-electron chi connectivity index (χ4n) is 11.7. The van der Waals surface area contributed by atoms with Gasteiger partial charge in [-0.25, -0.2) is 0 Å². The van der Waals surface area contributed by atoms with Gasteiger partial charge in [-0.15, -0.1) is 0 Å². The number of aromatic amines is 4. The molecule has 0 spiro atoms. The number of benzene rings is 8. The van der Waals surface area contributed by atoms with Crippen LogP contribution in [0.4, 0.5) is 0 Å². The molecule has 4 aliphatic rings. The van der Waals surface area contributed by atoms with Crippen molar-refractivity contribution < 1.29 is 19.2 Å². The Balaban J connectivity index is 0.912. The van der Waals surface area contributed by atoms with E-state index < -0.39 is 19.2 Å². The molecule has 0 atom stereocenters. The summed E-state index contributed by atoms with van der Waals surface area (Å²) in [6.07, 6.45) is 0. The number of H-pyrrole nitrogens is 4. The molecule has 16 bridgehead atoms. The van der Waals surface area contributed by atoms with E-state index >= 15 is 0 Å². The number of nitrogens with one attached hydrogen (secondary N) is 4. The van der Waals surface area contributed by atoms with Crippen molar-refractivity contribution in [3.05, 3.63) is 182 Å². The van der Waals surface area contributed by atoms with Gasteiger partial charge in [-0.3, -0.25) is 0 Å². The van der Waals surface area contributed by atoms with E-state index in [0.29, 0.717) is 91.8 Å². The summed E-state index contributed by atoms with van der Waals surface area (Å²) < 4.78 is 2.23. The fraction of sp³-hybridized carbons (Fsp3) is 0. The van der Waals surface area contributed by atoms with Crippen LogP contribution < -0.4 is 7.74 Å². The van der Waals surface area contributed by atoms with Crippen molar-refractivity contribution in [1.82, 2.24) is 79.7 Å². The number of nitrogens with zero attached hydrogens (tertiary/aromatic N) is 12. The van der Waals surface area contributed by atoms with Gasteiger partial charge >= 0.3 is 456 Å². The third-order valence-electron chi connectivity index (χ3n) is 15.4. The van der Waals surface area contributed by atoms with E-state index in [-0.39, 0.29) is 0 Å². The molecule has 4 N–H and O–H groups in total. The molecule has 0 radical (unpaired) electrons. The van der Waals surface area contributed by atoms with Gasteiger partial charge in [-0.05, 0) is 0 Å². The molecular weight excluding hydrogens is 1040 g/mol. The fourth-order valence-corrected chi connectivity index (χ4v) is 13.9. The monoisotopic (exact) mass is 1070 g/mol. The van der Waals surface area contributed by atoms with Crippen molar-refractivity contribution in [2.45, 2.75) is 0 Å². The van der Waals surface area contributed by atoms with Gasteiger partial charge in [0.2, 0.25) is 0 Å². The van der Waals surface area contributed by atoms with Crippen LogP contribution in [-0.2, 0) is 19.2 Å². The number of hydrogen-bond donors (Lipinski definition) is 4. The molecule has 0 unspecified atom stereocenters. The standard InChI is InChI=1S/2C32H17N8.Ti/c2*1-2-10-18-17(9-1)25-33-26(18)38-28-21-13-5-6-14-22(21)30(35-28)40-32-24-16-8-7-15-23(24)31(36-32)39-29-20-12-4-3-11-19(20)27(34-29)37-25;/h2*1-15H,(H2,33,34,35,36,37,38,39,40);. The van der Waals surface area contributed by atoms with E-state index in [9.17, 15) is 0 Å². The zero-order valence-electron chi connectivity index (χ0n) is 42.2. The first-order valence-electron chi connectivity index (χ1n) is 26.3. The van der Waals surface area contributed by atoms with Gasteiger partial charge in [-0.1, -0.05) is 12.1 Å². The predicted molar refractivity (Wildman–Crippen MR) is 311 cm³/mol. The predicted octanol–water partition coefficient (Wildman–Crippen LogP) is 12.1. The number of aromatic nitrogens is 16. The molecule has 17 heteroatoms. The first-order valence-corrected chi connectivity index (χ1v) is 27.9. The Bertz CT molecular complexity index is 5150. The van der Waals surface area contributed by atoms with E-state index in [1.807, 2.05) is 146 Å². The molecule has 374 valence electrons. The van der Waals surface area contributed by atoms with Gasteiger partial charge in [0.25, 0.3) is 0 Å². The van der Waals surface area contributed by atoms with Crippen molar-refractivity contribution in [3.8, 4) is 91.1 Å². The van der Waals surface area contributed by atoms with Crippen LogP contribution in [0.15, 0.2) is 182 Å². The zero-order valence-corrected chi connectivity index (χ0v) is 43.7. The Kier molecular flexibility index (Phi) is 9.20. The molecule has 81 heavy (non-hydrogen) atoms. The number of fused-ring (bicyclic) bond motifs is 40. The van der Waals surface area contributed by atoms with Crippen LogP contribution in [-0.4, -0.2) is 79.7 Å². The van der Waals surface area contributed by atoms with Gasteiger partial charge < -0.3 is 0 Å². The maximum absolute atomic E-state index is 5.46. The van der Waals surface area contributed by atoms with E-state index in [2.05, 4.69) is 56.3 Å². The van der Waals surface area contributed by atoms with Crippen molar-refractivity contribution in [2.24, 2.45) is 0 Å². The van der Waals surface area contributed by atoms with Gasteiger partial charge in [0.1, 0.15) is 0 Å². The van der Waals surface area contributed by atoms with E-state index in [4.69, 9.17) is 59.8 Å². The van der Waals surface area contributed by atoms with Gasteiger partial charge in [-0.2, -0.15) is 0 Å². The van der Waals surface area contributed by atoms with E-state index in [1.165, 1.54) is 0 Å². The zero-order chi connectivity index (χ0) is 52.9. The van der Waals surface area contributed by atoms with Crippen LogP contribution in [0, 0.1) is 0 Å². The van der Waals surface area contributed by atoms with Crippen LogP contribution in [0.2, 0.25) is 0 Å². The van der Waals surface area contributed by atoms with Crippen molar-refractivity contribution in [2.75, 3.05) is 0 Å². The number of rotatable bonds is 2. The van der Waals surface area contributed by atoms with E-state index in [0.717, 1.165) is 95.3 Å². The second-order valence-electron chi connectivity index (χ2n) is 20.1. The summed E-state index contributed by atoms with van der Waals surface area (Å²) in [5, 5.41) is 7.33. The topological polar surface area (TPSA) is 218 Å². The second kappa shape index (κ2) is 16.8. The van der Waals surface area contributed by atoms with Gasteiger partial charge in [0.05, 0.1) is 0 Å². The summed E-state index contributed by atoms with van der Waals surface area (Å²) in [6.45, 7) is 0. The van der Waals surface area contributed by atoms with Gasteiger partial charge in [0.15, 0.2) is 0 Å². The molecule has 18 rings (SSSR count). The Morgan fingerprint density at radius 2 is 0.407 bits per heavy atom. The van der Waals surface area contributed by atoms with Gasteiger partial charge in [0, 0.05) is 0 Å². The summed E-state index contributed by atoms with van der Waals surface area (Å²) in [5.74, 6) is 4.33. The molecule has 0 saturated carbocycles. The summed E-state index contributed by atoms with van der Waals surface area (Å²) in [4.78, 5) is 77.6. The summed E-state index contributed by atoms with van der Waals surface area (Å²) in [7, 11) is 0. The average Bonchev–Trinajstić information content (AvgIpc) is 4.60. The second-order valence-corrected chi connectivity index (χ2v) is 22.1. The Hall–Kier alpha value is -10.8. The minimum atomic E-state index is -1.24. The van der Waals surface area contributed by atoms with Crippen molar-refractivity contribution in [3.63, 3.8) is 0 Å². The molecule has 0 amide bonds. The Morgan fingerprint density at radius 1 is 0.198 bits per heavy atom. The summed E-state index contributed by atoms with van der Waals surface area (Å²) in [5.41, 5.74) is 12.1. The quantitative estimate of drug-likeness (QED) is 0.119. The van der Waals surface area contributed by atoms with Crippen LogP contribution >= 0.6 is 0 Å². The number of hydrogen-bond acceptors (Lipinski definition) is 12. The SMILES string of the molecule is c1ccc2c(c1)-c1nc-2nc2[nH]c(nc3nc(nc4[nH]c(n1)c1ccccc41)-c1ccccc1-3)c1[c]([Ti][c]3cccc4c5nc6nc(nc7[nH]c(nc8nc(nc([nH]5)c34)-c3ccccc3-8)c3ccccc73)-c3ccccc3-6)cccc21. The molecule has 14 aromatic rings. The van der Waals surface area contributed by atoms with E-state index in [1.54, 1.807) is 0 Å². The third kappa shape index (κ3) is 6.75. The summed E-state index contributed by atoms with van der Waals surface area (Å²) in [6, 6.07) is 61.4. The molecule has 10 heterocycles. The Labute approximate surface area is 465 Å². The summed E-state index contributed by atoms with van der Waals surface area (Å²) >= 11 is -1.24. The molecule has 8 aromatic carbocycles. The molecule has 0 aliphatic carbocycles. The van der Waals surface area contributed by atoms with Crippen LogP contribution in [0.5, 0.6) is 0 Å². The van der Waals surface area contributed by atoms with Crippen LogP contribution in [0.1, 0.15) is 0 Å². The third-order valence-corrected chi connectivity index (χ3v) is 17.6. The van der Waals surface area contributed by atoms with Crippen molar-refractivity contribution >= 4 is 96.0 Å². The molecule has 6 aromatic heterocycles.